The zero-order valence-corrected chi connectivity index (χ0v) is 14.6. The average molecular weight is 335 g/mol. The third kappa shape index (κ3) is 2.69. The number of hydrogen-bond donors (Lipinski definition) is 0. The van der Waals surface area contributed by atoms with Crippen molar-refractivity contribution in [2.24, 2.45) is 0 Å². The summed E-state index contributed by atoms with van der Waals surface area (Å²) < 4.78 is 7.22. The first-order chi connectivity index (χ1) is 11.5. The summed E-state index contributed by atoms with van der Waals surface area (Å²) in [6, 6.07) is -0.205. The molecule has 8 heteroatoms. The van der Waals surface area contributed by atoms with Crippen LogP contribution in [-0.2, 0) is 22.6 Å². The molecule has 2 saturated heterocycles. The van der Waals surface area contributed by atoms with Crippen LogP contribution < -0.4 is 0 Å². The van der Waals surface area contributed by atoms with E-state index in [-0.39, 0.29) is 11.9 Å². The van der Waals surface area contributed by atoms with E-state index in [1.807, 2.05) is 6.20 Å². The predicted molar refractivity (Wildman–Crippen MR) is 87.3 cm³/mol. The second kappa shape index (κ2) is 6.52. The van der Waals surface area contributed by atoms with Gasteiger partial charge in [-0.2, -0.15) is 0 Å². The molecular formula is C16H25N5O3. The molecule has 0 radical (unpaired) electrons. The summed E-state index contributed by atoms with van der Waals surface area (Å²) in [4.78, 5) is 34.2. The first-order valence-corrected chi connectivity index (χ1v) is 8.27. The van der Waals surface area contributed by atoms with Gasteiger partial charge in [0.1, 0.15) is 11.4 Å². The van der Waals surface area contributed by atoms with Crippen molar-refractivity contribution in [1.29, 1.82) is 0 Å². The molecule has 1 aromatic rings. The van der Waals surface area contributed by atoms with Gasteiger partial charge in [0.05, 0.1) is 13.2 Å². The molecule has 2 aliphatic heterocycles. The lowest BCUT2D eigenvalue weighted by molar-refractivity contribution is -0.134. The third-order valence-corrected chi connectivity index (χ3v) is 5.30. The Morgan fingerprint density at radius 1 is 1.25 bits per heavy atom. The molecule has 0 bridgehead atoms. The third-order valence-electron chi connectivity index (χ3n) is 5.30. The smallest absolute Gasteiger partial charge is 0.327 e. The van der Waals surface area contributed by atoms with E-state index >= 15 is 0 Å². The second-order valence-electron chi connectivity index (χ2n) is 6.54. The van der Waals surface area contributed by atoms with Crippen molar-refractivity contribution in [2.75, 3.05) is 40.9 Å². The van der Waals surface area contributed by atoms with Crippen molar-refractivity contribution >= 4 is 11.9 Å². The number of aromatic nitrogens is 2. The molecule has 2 fully saturated rings. The number of methoxy groups -OCH3 is 1. The van der Waals surface area contributed by atoms with E-state index in [9.17, 15) is 9.59 Å². The topological polar surface area (TPSA) is 70.9 Å². The fraction of sp³-hybridized carbons (Fsp3) is 0.688. The number of imidazole rings is 1. The Hall–Kier alpha value is -1.93. The molecule has 3 heterocycles. The Bertz CT molecular complexity index is 621. The average Bonchev–Trinajstić information content (AvgIpc) is 3.10. The molecular weight excluding hydrogens is 310 g/mol. The van der Waals surface area contributed by atoms with Crippen molar-refractivity contribution in [2.45, 2.75) is 31.5 Å². The van der Waals surface area contributed by atoms with Crippen LogP contribution in [0.3, 0.4) is 0 Å². The molecule has 0 aromatic carbocycles. The van der Waals surface area contributed by atoms with Gasteiger partial charge in [-0.25, -0.2) is 9.78 Å². The number of likely N-dealkylation sites (tertiary alicyclic amines) is 1. The van der Waals surface area contributed by atoms with E-state index in [1.165, 1.54) is 4.90 Å². The summed E-state index contributed by atoms with van der Waals surface area (Å²) in [5.41, 5.74) is -0.659. The molecule has 24 heavy (non-hydrogen) atoms. The minimum absolute atomic E-state index is 0.0729. The van der Waals surface area contributed by atoms with Crippen LogP contribution in [0.25, 0.3) is 0 Å². The van der Waals surface area contributed by atoms with E-state index in [0.717, 1.165) is 32.0 Å². The van der Waals surface area contributed by atoms with Crippen LogP contribution in [-0.4, -0.2) is 82.6 Å². The minimum atomic E-state index is -0.659. The molecule has 3 amide bonds. The number of piperidine rings is 1. The molecule has 0 N–H and O–H groups in total. The zero-order chi connectivity index (χ0) is 17.3. The standard InChI is InChI=1S/C16H25N5O3/c1-18-14(22)16(19(2)15(18)23)4-7-20(8-5-16)12-13-17-6-9-21(13)10-11-24-3/h6,9H,4-5,7-8,10-12H2,1-3H3. The first-order valence-electron chi connectivity index (χ1n) is 8.27. The van der Waals surface area contributed by atoms with Crippen LogP contribution in [0.2, 0.25) is 0 Å². The number of urea groups is 1. The van der Waals surface area contributed by atoms with Crippen molar-refractivity contribution in [3.63, 3.8) is 0 Å². The minimum Gasteiger partial charge on any atom is -0.383 e. The summed E-state index contributed by atoms with van der Waals surface area (Å²) in [5, 5.41) is 0. The Morgan fingerprint density at radius 2 is 1.96 bits per heavy atom. The van der Waals surface area contributed by atoms with Crippen LogP contribution in [0, 0.1) is 0 Å². The number of amides is 3. The maximum absolute atomic E-state index is 12.5. The van der Waals surface area contributed by atoms with Gasteiger partial charge in [0.15, 0.2) is 0 Å². The van der Waals surface area contributed by atoms with E-state index in [1.54, 1.807) is 32.3 Å². The quantitative estimate of drug-likeness (QED) is 0.728. The van der Waals surface area contributed by atoms with Gasteiger partial charge in [-0.05, 0) is 12.8 Å². The summed E-state index contributed by atoms with van der Waals surface area (Å²) in [6.07, 6.45) is 5.09. The molecule has 1 spiro atoms. The molecule has 2 aliphatic rings. The fourth-order valence-electron chi connectivity index (χ4n) is 3.67. The van der Waals surface area contributed by atoms with Gasteiger partial charge in [0.2, 0.25) is 0 Å². The van der Waals surface area contributed by atoms with E-state index in [2.05, 4.69) is 14.5 Å². The van der Waals surface area contributed by atoms with Crippen LogP contribution in [0.4, 0.5) is 4.79 Å². The Balaban J connectivity index is 1.63. The number of imide groups is 1. The lowest BCUT2D eigenvalue weighted by Gasteiger charge is -2.40. The largest absolute Gasteiger partial charge is 0.383 e. The summed E-state index contributed by atoms with van der Waals surface area (Å²) >= 11 is 0. The highest BCUT2D eigenvalue weighted by molar-refractivity contribution is 6.06. The number of hydrogen-bond acceptors (Lipinski definition) is 5. The Labute approximate surface area is 142 Å². The molecule has 0 unspecified atom stereocenters. The normalized spacial score (nSPS) is 21.3. The fourth-order valence-corrected chi connectivity index (χ4v) is 3.67. The molecule has 0 atom stereocenters. The van der Waals surface area contributed by atoms with Crippen LogP contribution in [0.15, 0.2) is 12.4 Å². The molecule has 1 aromatic heterocycles. The second-order valence-corrected chi connectivity index (χ2v) is 6.54. The molecule has 0 saturated carbocycles. The van der Waals surface area contributed by atoms with Gasteiger partial charge >= 0.3 is 6.03 Å². The van der Waals surface area contributed by atoms with Gasteiger partial charge in [-0.15, -0.1) is 0 Å². The van der Waals surface area contributed by atoms with Crippen LogP contribution in [0.5, 0.6) is 0 Å². The predicted octanol–water partition coefficient (Wildman–Crippen LogP) is 0.388. The van der Waals surface area contributed by atoms with Crippen LogP contribution >= 0.6 is 0 Å². The maximum atomic E-state index is 12.5. The summed E-state index contributed by atoms with van der Waals surface area (Å²) in [7, 11) is 4.99. The monoisotopic (exact) mass is 335 g/mol. The van der Waals surface area contributed by atoms with Gasteiger partial charge in [0, 0.05) is 53.2 Å². The summed E-state index contributed by atoms with van der Waals surface area (Å²) in [5.74, 6) is 0.929. The van der Waals surface area contributed by atoms with Crippen molar-refractivity contribution in [3.8, 4) is 0 Å². The summed E-state index contributed by atoms with van der Waals surface area (Å²) in [6.45, 7) is 3.72. The van der Waals surface area contributed by atoms with Crippen molar-refractivity contribution in [3.05, 3.63) is 18.2 Å². The highest BCUT2D eigenvalue weighted by atomic mass is 16.5. The van der Waals surface area contributed by atoms with E-state index < -0.39 is 5.54 Å². The number of likely N-dealkylation sites (N-methyl/N-ethyl adjacent to an activating group) is 2. The molecule has 3 rings (SSSR count). The molecule has 8 nitrogen and oxygen atoms in total. The lowest BCUT2D eigenvalue weighted by atomic mass is 9.86. The number of rotatable bonds is 5. The lowest BCUT2D eigenvalue weighted by Crippen LogP contribution is -2.55. The van der Waals surface area contributed by atoms with Crippen LogP contribution in [0.1, 0.15) is 18.7 Å². The molecule has 132 valence electrons. The molecule has 0 aliphatic carbocycles. The van der Waals surface area contributed by atoms with Gasteiger partial charge in [0.25, 0.3) is 5.91 Å². The maximum Gasteiger partial charge on any atom is 0.327 e. The first kappa shape index (κ1) is 16.9. The Kier molecular flexibility index (Phi) is 4.60. The van der Waals surface area contributed by atoms with Crippen molar-refractivity contribution in [1.82, 2.24) is 24.3 Å². The Morgan fingerprint density at radius 3 is 2.54 bits per heavy atom. The zero-order valence-electron chi connectivity index (χ0n) is 14.6. The van der Waals surface area contributed by atoms with E-state index in [4.69, 9.17) is 4.74 Å². The highest BCUT2D eigenvalue weighted by Crippen LogP contribution is 2.35. The van der Waals surface area contributed by atoms with Gasteiger partial charge in [-0.1, -0.05) is 0 Å². The van der Waals surface area contributed by atoms with E-state index in [0.29, 0.717) is 19.4 Å². The highest BCUT2D eigenvalue weighted by Gasteiger charge is 2.55. The SMILES string of the molecule is COCCn1ccnc1CN1CCC2(CC1)C(=O)N(C)C(=O)N2C. The number of carbonyl (C=O) groups is 2. The number of carbonyl (C=O) groups excluding carboxylic acids is 2. The van der Waals surface area contributed by atoms with Gasteiger partial charge in [-0.3, -0.25) is 14.6 Å². The number of nitrogens with zero attached hydrogens (tertiary/aromatic N) is 5. The van der Waals surface area contributed by atoms with Crippen molar-refractivity contribution < 1.29 is 14.3 Å². The number of ether oxygens (including phenoxy) is 1. The van der Waals surface area contributed by atoms with Gasteiger partial charge < -0.3 is 14.2 Å².